The van der Waals surface area contributed by atoms with Crippen LogP contribution in [0.15, 0.2) is 22.5 Å². The van der Waals surface area contributed by atoms with E-state index in [1.165, 1.54) is 22.6 Å². The van der Waals surface area contributed by atoms with Crippen LogP contribution in [0, 0.1) is 12.7 Å². The van der Waals surface area contributed by atoms with Gasteiger partial charge in [0.05, 0.1) is 11.2 Å². The first-order valence-electron chi connectivity index (χ1n) is 6.27. The lowest BCUT2D eigenvalue weighted by molar-refractivity contribution is 0.391. The van der Waals surface area contributed by atoms with Crippen molar-refractivity contribution in [1.29, 1.82) is 0 Å². The molecule has 0 radical (unpaired) electrons. The van der Waals surface area contributed by atoms with Gasteiger partial charge in [-0.05, 0) is 36.6 Å². The summed E-state index contributed by atoms with van der Waals surface area (Å²) in [5, 5.41) is 1.05. The molecule has 1 aromatic carbocycles. The summed E-state index contributed by atoms with van der Waals surface area (Å²) in [5.74, 6) is -0.452. The zero-order chi connectivity index (χ0) is 15.2. The smallest absolute Gasteiger partial charge is 0.249 e. The van der Waals surface area contributed by atoms with Gasteiger partial charge in [0.25, 0.3) is 10.0 Å². The van der Waals surface area contributed by atoms with E-state index in [0.29, 0.717) is 28.6 Å². The zero-order valence-electron chi connectivity index (χ0n) is 11.1. The molecule has 0 bridgehead atoms. The lowest BCUT2D eigenvalue weighted by atomic mass is 10.0. The second kappa shape index (κ2) is 5.31. The van der Waals surface area contributed by atoms with Gasteiger partial charge in [0.2, 0.25) is 0 Å². The largest absolute Gasteiger partial charge is 0.254 e. The predicted octanol–water partition coefficient (Wildman–Crippen LogP) is 2.99. The van der Waals surface area contributed by atoms with Crippen LogP contribution in [0.25, 0.3) is 0 Å². The van der Waals surface area contributed by atoms with Crippen LogP contribution in [-0.2, 0) is 23.0 Å². The van der Waals surface area contributed by atoms with E-state index in [-0.39, 0.29) is 10.8 Å². The molecule has 0 aliphatic carbocycles. The maximum Gasteiger partial charge on any atom is 0.254 e. The summed E-state index contributed by atoms with van der Waals surface area (Å²) < 4.78 is 40.1. The van der Waals surface area contributed by atoms with Gasteiger partial charge in [0, 0.05) is 18.1 Å². The van der Waals surface area contributed by atoms with Gasteiger partial charge in [-0.25, -0.2) is 17.8 Å². The van der Waals surface area contributed by atoms with Gasteiger partial charge in [0.15, 0.2) is 4.21 Å². The van der Waals surface area contributed by atoms with Crippen LogP contribution in [-0.4, -0.2) is 24.3 Å². The monoisotopic (exact) mass is 346 g/mol. The van der Waals surface area contributed by atoms with Crippen molar-refractivity contribution in [2.75, 3.05) is 6.54 Å². The lowest BCUT2D eigenvalue weighted by Crippen LogP contribution is -2.35. The Balaban J connectivity index is 1.96. The number of rotatable bonds is 2. The average molecular weight is 347 g/mol. The highest BCUT2D eigenvalue weighted by molar-refractivity contribution is 7.91. The molecular formula is C13H12ClFN2O2S2. The summed E-state index contributed by atoms with van der Waals surface area (Å²) in [6.07, 6.45) is 1.84. The Hall–Kier alpha value is -1.02. The first kappa shape index (κ1) is 14.9. The number of aryl methyl sites for hydroxylation is 1. The van der Waals surface area contributed by atoms with Gasteiger partial charge in [-0.2, -0.15) is 4.31 Å². The van der Waals surface area contributed by atoms with Gasteiger partial charge in [-0.3, -0.25) is 0 Å². The van der Waals surface area contributed by atoms with Crippen molar-refractivity contribution >= 4 is 33.0 Å². The van der Waals surface area contributed by atoms with Gasteiger partial charge in [0.1, 0.15) is 5.82 Å². The number of halogens is 2. The van der Waals surface area contributed by atoms with Crippen molar-refractivity contribution in [3.63, 3.8) is 0 Å². The normalized spacial score (nSPS) is 16.0. The Bertz CT molecular complexity index is 804. The van der Waals surface area contributed by atoms with E-state index in [2.05, 4.69) is 4.98 Å². The molecule has 0 N–H and O–H groups in total. The van der Waals surface area contributed by atoms with Crippen molar-refractivity contribution < 1.29 is 12.8 Å². The molecule has 8 heteroatoms. The van der Waals surface area contributed by atoms with Crippen molar-refractivity contribution in [2.45, 2.75) is 24.1 Å². The van der Waals surface area contributed by atoms with E-state index in [9.17, 15) is 12.8 Å². The topological polar surface area (TPSA) is 50.3 Å². The van der Waals surface area contributed by atoms with Crippen LogP contribution in [0.2, 0.25) is 5.02 Å². The third-order valence-electron chi connectivity index (χ3n) is 3.40. The molecule has 0 spiro atoms. The molecule has 0 saturated heterocycles. The Kier molecular flexibility index (Phi) is 3.77. The molecule has 1 aliphatic rings. The average Bonchev–Trinajstić information content (AvgIpc) is 2.85. The summed E-state index contributed by atoms with van der Waals surface area (Å²) in [6, 6.07) is 2.61. The SMILES string of the molecule is Cc1ncc(S(=O)(=O)N2CCc3c(Cl)cc(F)cc3C2)s1. The maximum atomic E-state index is 13.4. The highest BCUT2D eigenvalue weighted by atomic mass is 35.5. The summed E-state index contributed by atoms with van der Waals surface area (Å²) in [5.41, 5.74) is 1.45. The van der Waals surface area contributed by atoms with Crippen LogP contribution in [0.3, 0.4) is 0 Å². The van der Waals surface area contributed by atoms with Gasteiger partial charge < -0.3 is 0 Å². The highest BCUT2D eigenvalue weighted by Crippen LogP contribution is 2.31. The second-order valence-corrected chi connectivity index (χ2v) is 8.62. The van der Waals surface area contributed by atoms with Crippen molar-refractivity contribution in [2.24, 2.45) is 0 Å². The molecule has 0 fully saturated rings. The van der Waals surface area contributed by atoms with Crippen LogP contribution in [0.5, 0.6) is 0 Å². The fourth-order valence-electron chi connectivity index (χ4n) is 2.38. The van der Waals surface area contributed by atoms with Crippen LogP contribution in [0.1, 0.15) is 16.1 Å². The molecule has 112 valence electrons. The van der Waals surface area contributed by atoms with Crippen molar-refractivity contribution in [1.82, 2.24) is 9.29 Å². The highest BCUT2D eigenvalue weighted by Gasteiger charge is 2.30. The fraction of sp³-hybridized carbons (Fsp3) is 0.308. The van der Waals surface area contributed by atoms with E-state index in [1.54, 1.807) is 6.92 Å². The van der Waals surface area contributed by atoms with E-state index in [1.807, 2.05) is 0 Å². The van der Waals surface area contributed by atoms with Crippen LogP contribution < -0.4 is 0 Å². The maximum absolute atomic E-state index is 13.4. The molecule has 3 rings (SSSR count). The Morgan fingerprint density at radius 3 is 2.86 bits per heavy atom. The quantitative estimate of drug-likeness (QED) is 0.840. The number of thiazole rings is 1. The molecule has 0 unspecified atom stereocenters. The Morgan fingerprint density at radius 1 is 1.43 bits per heavy atom. The number of hydrogen-bond donors (Lipinski definition) is 0. The molecule has 0 saturated carbocycles. The number of hydrogen-bond acceptors (Lipinski definition) is 4. The minimum Gasteiger partial charge on any atom is -0.249 e. The number of aromatic nitrogens is 1. The molecule has 0 atom stereocenters. The molecule has 2 aromatic rings. The third-order valence-corrected chi connectivity index (χ3v) is 6.94. The van der Waals surface area contributed by atoms with Crippen molar-refractivity contribution in [3.8, 4) is 0 Å². The van der Waals surface area contributed by atoms with E-state index < -0.39 is 15.8 Å². The minimum atomic E-state index is -3.59. The van der Waals surface area contributed by atoms with E-state index in [4.69, 9.17) is 11.6 Å². The molecule has 21 heavy (non-hydrogen) atoms. The summed E-state index contributed by atoms with van der Waals surface area (Å²) in [4.78, 5) is 3.98. The number of benzene rings is 1. The number of fused-ring (bicyclic) bond motifs is 1. The molecule has 0 amide bonds. The van der Waals surface area contributed by atoms with E-state index >= 15 is 0 Å². The van der Waals surface area contributed by atoms with Crippen LogP contribution >= 0.6 is 22.9 Å². The Morgan fingerprint density at radius 2 is 2.19 bits per heavy atom. The lowest BCUT2D eigenvalue weighted by Gasteiger charge is -2.28. The van der Waals surface area contributed by atoms with Crippen molar-refractivity contribution in [3.05, 3.63) is 45.3 Å². The standard InChI is InChI=1S/C13H12ClFN2O2S2/c1-8-16-6-13(20-8)21(18,19)17-3-2-11-9(7-17)4-10(15)5-12(11)14/h4-6H,2-3,7H2,1H3. The fourth-order valence-corrected chi connectivity index (χ4v) is 5.38. The molecule has 1 aromatic heterocycles. The summed E-state index contributed by atoms with van der Waals surface area (Å²) in [6.45, 7) is 2.22. The molecule has 1 aliphatic heterocycles. The molecule has 2 heterocycles. The van der Waals surface area contributed by atoms with Gasteiger partial charge in [-0.15, -0.1) is 11.3 Å². The Labute approximate surface area is 131 Å². The first-order valence-corrected chi connectivity index (χ1v) is 8.91. The molecule has 4 nitrogen and oxygen atoms in total. The second-order valence-electron chi connectivity index (χ2n) is 4.81. The predicted molar refractivity (Wildman–Crippen MR) is 79.6 cm³/mol. The number of nitrogens with zero attached hydrogens (tertiary/aromatic N) is 2. The van der Waals surface area contributed by atoms with Crippen LogP contribution in [0.4, 0.5) is 4.39 Å². The summed E-state index contributed by atoms with van der Waals surface area (Å²) >= 11 is 7.15. The first-order chi connectivity index (χ1) is 9.88. The zero-order valence-corrected chi connectivity index (χ0v) is 13.5. The minimum absolute atomic E-state index is 0.131. The van der Waals surface area contributed by atoms with E-state index in [0.717, 1.165) is 16.9 Å². The summed E-state index contributed by atoms with van der Waals surface area (Å²) in [7, 11) is -3.59. The van der Waals surface area contributed by atoms with Gasteiger partial charge in [-0.1, -0.05) is 11.6 Å². The van der Waals surface area contributed by atoms with Gasteiger partial charge >= 0.3 is 0 Å². The molecular weight excluding hydrogens is 335 g/mol. The number of sulfonamides is 1. The third kappa shape index (κ3) is 2.70.